The number of primary amides is 1. The lowest BCUT2D eigenvalue weighted by molar-refractivity contribution is 0.1000. The van der Waals surface area contributed by atoms with Gasteiger partial charge in [-0.15, -0.1) is 0 Å². The van der Waals surface area contributed by atoms with E-state index < -0.39 is 5.91 Å². The average molecular weight is 520 g/mol. The molecular weight excluding hydrogens is 502 g/mol. The van der Waals surface area contributed by atoms with Crippen molar-refractivity contribution in [2.45, 2.75) is 0 Å². The van der Waals surface area contributed by atoms with Crippen molar-refractivity contribution >= 4 is 28.5 Å². The van der Waals surface area contributed by atoms with Crippen LogP contribution in [0.3, 0.4) is 0 Å². The number of nitrogens with zero attached hydrogens (tertiary/aromatic N) is 6. The first-order chi connectivity index (χ1) is 18.5. The number of nitrogens with two attached hydrogens (primary N) is 1. The number of carbonyl (C=O) groups excluding carboxylic acids is 1. The Hall–Kier alpha value is -5.15. The van der Waals surface area contributed by atoms with E-state index in [1.165, 1.54) is 15.4 Å². The standard InChI is InChI=1S/C28H18ClN7O2/c29-20-8-10-21(11-9-20)35-26(18-6-4-17(5-7-18)24-16-31-12-13-32-24)34-27-23(28(35)38)15-33-36(27)22-3-1-2-19(14-22)25(30)37/h1-16H,(H2,30,37). The topological polar surface area (TPSA) is 122 Å². The van der Waals surface area contributed by atoms with E-state index in [-0.39, 0.29) is 5.56 Å². The molecule has 6 rings (SSSR count). The number of rotatable bonds is 5. The molecule has 3 heterocycles. The zero-order chi connectivity index (χ0) is 26.2. The molecule has 3 aromatic carbocycles. The predicted molar refractivity (Wildman–Crippen MR) is 144 cm³/mol. The normalized spacial score (nSPS) is 11.1. The summed E-state index contributed by atoms with van der Waals surface area (Å²) in [6, 6.07) is 21.2. The van der Waals surface area contributed by atoms with Gasteiger partial charge in [-0.3, -0.25) is 24.1 Å². The molecule has 0 saturated carbocycles. The van der Waals surface area contributed by atoms with Crippen molar-refractivity contribution in [2.75, 3.05) is 0 Å². The molecular formula is C28H18ClN7O2. The highest BCUT2D eigenvalue weighted by Crippen LogP contribution is 2.26. The van der Waals surface area contributed by atoms with Gasteiger partial charge >= 0.3 is 0 Å². The molecule has 0 atom stereocenters. The average Bonchev–Trinajstić information content (AvgIpc) is 3.39. The van der Waals surface area contributed by atoms with Crippen molar-refractivity contribution in [1.29, 1.82) is 0 Å². The van der Waals surface area contributed by atoms with Crippen molar-refractivity contribution in [1.82, 2.24) is 29.3 Å². The lowest BCUT2D eigenvalue weighted by atomic mass is 10.1. The Morgan fingerprint density at radius 3 is 2.34 bits per heavy atom. The number of aromatic nitrogens is 6. The molecule has 0 aliphatic heterocycles. The minimum absolute atomic E-state index is 0.303. The zero-order valence-electron chi connectivity index (χ0n) is 19.7. The van der Waals surface area contributed by atoms with Gasteiger partial charge in [-0.25, -0.2) is 9.67 Å². The largest absolute Gasteiger partial charge is 0.366 e. The molecule has 2 N–H and O–H groups in total. The summed E-state index contributed by atoms with van der Waals surface area (Å²) in [5, 5.41) is 5.28. The first-order valence-corrected chi connectivity index (χ1v) is 11.9. The van der Waals surface area contributed by atoms with Crippen molar-refractivity contribution in [3.05, 3.63) is 119 Å². The maximum atomic E-state index is 13.9. The molecule has 0 fully saturated rings. The maximum absolute atomic E-state index is 13.9. The van der Waals surface area contributed by atoms with Gasteiger partial charge in [0.25, 0.3) is 5.56 Å². The first kappa shape index (κ1) is 23.3. The van der Waals surface area contributed by atoms with Crippen LogP contribution in [0.25, 0.3) is 45.1 Å². The fourth-order valence-corrected chi connectivity index (χ4v) is 4.33. The third kappa shape index (κ3) is 4.10. The van der Waals surface area contributed by atoms with Crippen molar-refractivity contribution < 1.29 is 4.79 Å². The van der Waals surface area contributed by atoms with E-state index in [0.717, 1.165) is 11.3 Å². The lowest BCUT2D eigenvalue weighted by Crippen LogP contribution is -2.22. The molecule has 184 valence electrons. The van der Waals surface area contributed by atoms with Gasteiger partial charge in [0.2, 0.25) is 5.91 Å². The Morgan fingerprint density at radius 1 is 0.868 bits per heavy atom. The summed E-state index contributed by atoms with van der Waals surface area (Å²) >= 11 is 6.11. The molecule has 38 heavy (non-hydrogen) atoms. The summed E-state index contributed by atoms with van der Waals surface area (Å²) in [6.07, 6.45) is 6.39. The molecule has 0 aliphatic carbocycles. The lowest BCUT2D eigenvalue weighted by Gasteiger charge is -2.14. The second-order valence-electron chi connectivity index (χ2n) is 8.43. The van der Waals surface area contributed by atoms with Crippen LogP contribution in [0.2, 0.25) is 5.02 Å². The van der Waals surface area contributed by atoms with E-state index >= 15 is 0 Å². The molecule has 0 aliphatic rings. The Balaban J connectivity index is 1.58. The molecule has 3 aromatic heterocycles. The van der Waals surface area contributed by atoms with Crippen LogP contribution in [0.4, 0.5) is 0 Å². The quantitative estimate of drug-likeness (QED) is 0.359. The Morgan fingerprint density at radius 2 is 1.63 bits per heavy atom. The van der Waals surface area contributed by atoms with Gasteiger partial charge in [0.1, 0.15) is 11.2 Å². The van der Waals surface area contributed by atoms with Crippen LogP contribution >= 0.6 is 11.6 Å². The van der Waals surface area contributed by atoms with E-state index in [1.807, 2.05) is 24.3 Å². The highest BCUT2D eigenvalue weighted by molar-refractivity contribution is 6.30. The predicted octanol–water partition coefficient (Wildman–Crippen LogP) is 4.45. The molecule has 0 spiro atoms. The highest BCUT2D eigenvalue weighted by Gasteiger charge is 2.19. The molecule has 0 saturated heterocycles. The van der Waals surface area contributed by atoms with Crippen LogP contribution in [0.5, 0.6) is 0 Å². The number of hydrogen-bond acceptors (Lipinski definition) is 6. The van der Waals surface area contributed by atoms with Gasteiger partial charge in [-0.05, 0) is 42.5 Å². The number of amides is 1. The van der Waals surface area contributed by atoms with Crippen LogP contribution in [-0.4, -0.2) is 35.2 Å². The third-order valence-electron chi connectivity index (χ3n) is 6.06. The number of carbonyl (C=O) groups is 1. The number of fused-ring (bicyclic) bond motifs is 1. The summed E-state index contributed by atoms with van der Waals surface area (Å²) in [5.41, 5.74) is 9.28. The molecule has 0 bridgehead atoms. The van der Waals surface area contributed by atoms with Gasteiger partial charge in [0.15, 0.2) is 5.65 Å². The highest BCUT2D eigenvalue weighted by atomic mass is 35.5. The molecule has 0 radical (unpaired) electrons. The van der Waals surface area contributed by atoms with Crippen LogP contribution in [0, 0.1) is 0 Å². The maximum Gasteiger partial charge on any atom is 0.269 e. The molecule has 10 heteroatoms. The van der Waals surface area contributed by atoms with Crippen LogP contribution in [-0.2, 0) is 0 Å². The third-order valence-corrected chi connectivity index (χ3v) is 6.32. The van der Waals surface area contributed by atoms with Crippen LogP contribution in [0.15, 0.2) is 102 Å². The van der Waals surface area contributed by atoms with Crippen LogP contribution in [0.1, 0.15) is 10.4 Å². The SMILES string of the molecule is NC(=O)c1cccc(-n2ncc3c(=O)n(-c4ccc(Cl)cc4)c(-c4ccc(-c5cnccn5)cc4)nc32)c1. The van der Waals surface area contributed by atoms with E-state index in [0.29, 0.717) is 44.4 Å². The second kappa shape index (κ2) is 9.38. The van der Waals surface area contributed by atoms with Gasteiger partial charge in [0.05, 0.1) is 29.5 Å². The minimum Gasteiger partial charge on any atom is -0.366 e. The van der Waals surface area contributed by atoms with E-state index in [2.05, 4.69) is 15.1 Å². The second-order valence-corrected chi connectivity index (χ2v) is 8.87. The fraction of sp³-hybridized carbons (Fsp3) is 0. The first-order valence-electron chi connectivity index (χ1n) is 11.5. The van der Waals surface area contributed by atoms with Crippen molar-refractivity contribution in [3.8, 4) is 34.0 Å². The van der Waals surface area contributed by atoms with E-state index in [9.17, 15) is 9.59 Å². The fourth-order valence-electron chi connectivity index (χ4n) is 4.21. The Kier molecular flexibility index (Phi) is 5.74. The molecule has 6 aromatic rings. The van der Waals surface area contributed by atoms with Gasteiger partial charge in [0, 0.05) is 34.1 Å². The van der Waals surface area contributed by atoms with Crippen LogP contribution < -0.4 is 11.3 Å². The van der Waals surface area contributed by atoms with Gasteiger partial charge in [-0.2, -0.15) is 5.10 Å². The zero-order valence-corrected chi connectivity index (χ0v) is 20.4. The van der Waals surface area contributed by atoms with Gasteiger partial charge < -0.3 is 5.73 Å². The summed E-state index contributed by atoms with van der Waals surface area (Å²) < 4.78 is 3.05. The number of hydrogen-bond donors (Lipinski definition) is 1. The van der Waals surface area contributed by atoms with Crippen molar-refractivity contribution in [2.24, 2.45) is 5.73 Å². The van der Waals surface area contributed by atoms with E-state index in [1.54, 1.807) is 67.1 Å². The Labute approximate surface area is 220 Å². The molecule has 9 nitrogen and oxygen atoms in total. The van der Waals surface area contributed by atoms with Gasteiger partial charge in [-0.1, -0.05) is 41.9 Å². The smallest absolute Gasteiger partial charge is 0.269 e. The summed E-state index contributed by atoms with van der Waals surface area (Å²) in [5.74, 6) is -0.159. The van der Waals surface area contributed by atoms with Crippen molar-refractivity contribution in [3.63, 3.8) is 0 Å². The summed E-state index contributed by atoms with van der Waals surface area (Å²) in [7, 11) is 0. The Bertz CT molecular complexity index is 1860. The number of benzene rings is 3. The minimum atomic E-state index is -0.565. The van der Waals surface area contributed by atoms with E-state index in [4.69, 9.17) is 22.3 Å². The summed E-state index contributed by atoms with van der Waals surface area (Å²) in [4.78, 5) is 39.0. The monoisotopic (exact) mass is 519 g/mol. The number of halogens is 1. The summed E-state index contributed by atoms with van der Waals surface area (Å²) in [6.45, 7) is 0. The molecule has 0 unspecified atom stereocenters. The molecule has 1 amide bonds.